The second kappa shape index (κ2) is 3.40. The maximum atomic E-state index is 5.82. The summed E-state index contributed by atoms with van der Waals surface area (Å²) in [4.78, 5) is 0. The van der Waals surface area contributed by atoms with Gasteiger partial charge in [0, 0.05) is 19.1 Å². The summed E-state index contributed by atoms with van der Waals surface area (Å²) in [6, 6.07) is 0.500. The highest BCUT2D eigenvalue weighted by Gasteiger charge is 2.44. The minimum atomic E-state index is 0.500. The SMILES string of the molecule is NC1CC2(CCN(SS)CC2)C1. The van der Waals surface area contributed by atoms with Gasteiger partial charge >= 0.3 is 0 Å². The smallest absolute Gasteiger partial charge is 0.0102 e. The molecule has 1 aliphatic carbocycles. The quantitative estimate of drug-likeness (QED) is 0.387. The molecule has 0 bridgehead atoms. The Bertz CT molecular complexity index is 158. The fourth-order valence-corrected chi connectivity index (χ4v) is 3.34. The lowest BCUT2D eigenvalue weighted by atomic mass is 9.61. The zero-order valence-corrected chi connectivity index (χ0v) is 8.91. The molecule has 0 unspecified atom stereocenters. The van der Waals surface area contributed by atoms with Crippen molar-refractivity contribution in [3.8, 4) is 0 Å². The van der Waals surface area contributed by atoms with Crippen molar-refractivity contribution in [2.24, 2.45) is 11.1 Å². The molecule has 70 valence electrons. The summed E-state index contributed by atoms with van der Waals surface area (Å²) < 4.78 is 2.33. The number of rotatable bonds is 1. The second-order valence-corrected chi connectivity index (χ2v) is 5.35. The summed E-state index contributed by atoms with van der Waals surface area (Å²) in [5.74, 6) is 0. The van der Waals surface area contributed by atoms with Crippen molar-refractivity contribution in [3.63, 3.8) is 0 Å². The molecule has 2 rings (SSSR count). The van der Waals surface area contributed by atoms with Crippen LogP contribution in [0.1, 0.15) is 25.7 Å². The van der Waals surface area contributed by atoms with Gasteiger partial charge in [0.1, 0.15) is 0 Å². The average Bonchev–Trinajstić information content (AvgIpc) is 2.04. The summed E-state index contributed by atoms with van der Waals surface area (Å²) >= 11 is 4.20. The number of hydrogen-bond acceptors (Lipinski definition) is 4. The van der Waals surface area contributed by atoms with E-state index in [9.17, 15) is 0 Å². The molecule has 0 radical (unpaired) electrons. The van der Waals surface area contributed by atoms with Crippen LogP contribution in [0.25, 0.3) is 0 Å². The third-order valence-electron chi connectivity index (χ3n) is 3.29. The Hall–Kier alpha value is 0.620. The van der Waals surface area contributed by atoms with E-state index in [1.54, 1.807) is 11.0 Å². The summed E-state index contributed by atoms with van der Waals surface area (Å²) in [6.07, 6.45) is 5.18. The summed E-state index contributed by atoms with van der Waals surface area (Å²) in [6.45, 7) is 2.39. The van der Waals surface area contributed by atoms with Gasteiger partial charge < -0.3 is 5.73 Å². The molecular weight excluding hydrogens is 188 g/mol. The third kappa shape index (κ3) is 1.62. The van der Waals surface area contributed by atoms with Gasteiger partial charge in [-0.1, -0.05) is 11.7 Å². The van der Waals surface area contributed by atoms with E-state index in [0.29, 0.717) is 11.5 Å². The molecule has 12 heavy (non-hydrogen) atoms. The molecule has 0 aromatic heterocycles. The Morgan fingerprint density at radius 1 is 1.33 bits per heavy atom. The molecule has 1 spiro atoms. The molecule has 1 heterocycles. The number of nitrogens with zero attached hydrogens (tertiary/aromatic N) is 1. The van der Waals surface area contributed by atoms with E-state index in [1.807, 2.05) is 0 Å². The maximum Gasteiger partial charge on any atom is 0.0102 e. The van der Waals surface area contributed by atoms with Crippen molar-refractivity contribution >= 4 is 22.6 Å². The number of thiol groups is 1. The molecule has 0 amide bonds. The van der Waals surface area contributed by atoms with E-state index in [4.69, 9.17) is 5.73 Å². The molecule has 1 aliphatic heterocycles. The molecule has 2 aliphatic rings. The lowest BCUT2D eigenvalue weighted by molar-refractivity contribution is 0.0444. The molecular formula is C8H16N2S2. The van der Waals surface area contributed by atoms with Crippen molar-refractivity contribution in [3.05, 3.63) is 0 Å². The molecule has 1 saturated heterocycles. The summed E-state index contributed by atoms with van der Waals surface area (Å²) in [5, 5.41) is 0. The highest BCUT2D eigenvalue weighted by molar-refractivity contribution is 8.67. The van der Waals surface area contributed by atoms with Gasteiger partial charge in [0.05, 0.1) is 0 Å². The molecule has 4 heteroatoms. The maximum absolute atomic E-state index is 5.82. The minimum Gasteiger partial charge on any atom is -0.328 e. The first kappa shape index (κ1) is 9.19. The number of piperidine rings is 1. The molecule has 0 aromatic carbocycles. The van der Waals surface area contributed by atoms with Gasteiger partial charge in [0.25, 0.3) is 0 Å². The van der Waals surface area contributed by atoms with Gasteiger partial charge in [-0.3, -0.25) is 0 Å². The topological polar surface area (TPSA) is 29.3 Å². The zero-order chi connectivity index (χ0) is 8.60. The van der Waals surface area contributed by atoms with Crippen molar-refractivity contribution in [2.75, 3.05) is 13.1 Å². The Morgan fingerprint density at radius 3 is 2.33 bits per heavy atom. The molecule has 0 aromatic rings. The van der Waals surface area contributed by atoms with Crippen molar-refractivity contribution in [1.82, 2.24) is 4.31 Å². The minimum absolute atomic E-state index is 0.500. The fraction of sp³-hybridized carbons (Fsp3) is 1.00. The molecule has 2 N–H and O–H groups in total. The van der Waals surface area contributed by atoms with Gasteiger partial charge in [-0.15, -0.1) is 0 Å². The van der Waals surface area contributed by atoms with Crippen LogP contribution in [-0.4, -0.2) is 23.4 Å². The van der Waals surface area contributed by atoms with Gasteiger partial charge in [0.15, 0.2) is 0 Å². The number of hydrogen-bond donors (Lipinski definition) is 2. The largest absolute Gasteiger partial charge is 0.328 e. The fourth-order valence-electron chi connectivity index (χ4n) is 2.50. The van der Waals surface area contributed by atoms with Gasteiger partial charge in [-0.25, -0.2) is 4.31 Å². The average molecular weight is 204 g/mol. The van der Waals surface area contributed by atoms with Crippen LogP contribution < -0.4 is 5.73 Å². The third-order valence-corrected chi connectivity index (χ3v) is 4.58. The predicted octanol–water partition coefficient (Wildman–Crippen LogP) is 1.68. The Morgan fingerprint density at radius 2 is 1.92 bits per heavy atom. The monoisotopic (exact) mass is 204 g/mol. The Balaban J connectivity index is 1.83. The first-order valence-electron chi connectivity index (χ1n) is 4.56. The van der Waals surface area contributed by atoms with Crippen LogP contribution in [0.2, 0.25) is 0 Å². The van der Waals surface area contributed by atoms with Crippen LogP contribution in [-0.2, 0) is 0 Å². The Kier molecular flexibility index (Phi) is 2.61. The summed E-state index contributed by atoms with van der Waals surface area (Å²) in [7, 11) is 1.58. The highest BCUT2D eigenvalue weighted by Crippen LogP contribution is 2.49. The second-order valence-electron chi connectivity index (χ2n) is 4.18. The first-order chi connectivity index (χ1) is 5.74. The van der Waals surface area contributed by atoms with E-state index in [1.165, 1.54) is 38.8 Å². The molecule has 2 fully saturated rings. The van der Waals surface area contributed by atoms with E-state index in [-0.39, 0.29) is 0 Å². The van der Waals surface area contributed by atoms with E-state index < -0.39 is 0 Å². The van der Waals surface area contributed by atoms with Crippen LogP contribution in [0.15, 0.2) is 0 Å². The van der Waals surface area contributed by atoms with Gasteiger partial charge in [-0.2, -0.15) is 0 Å². The van der Waals surface area contributed by atoms with Crippen LogP contribution in [0, 0.1) is 5.41 Å². The van der Waals surface area contributed by atoms with Crippen LogP contribution >= 0.6 is 22.6 Å². The van der Waals surface area contributed by atoms with E-state index in [2.05, 4.69) is 16.0 Å². The first-order valence-corrected chi connectivity index (χ1v) is 6.39. The lowest BCUT2D eigenvalue weighted by Gasteiger charge is -2.50. The summed E-state index contributed by atoms with van der Waals surface area (Å²) in [5.41, 5.74) is 6.46. The van der Waals surface area contributed by atoms with E-state index >= 15 is 0 Å². The highest BCUT2D eigenvalue weighted by atomic mass is 33.1. The molecule has 2 nitrogen and oxygen atoms in total. The van der Waals surface area contributed by atoms with Crippen LogP contribution in [0.5, 0.6) is 0 Å². The van der Waals surface area contributed by atoms with Crippen molar-refractivity contribution in [2.45, 2.75) is 31.7 Å². The van der Waals surface area contributed by atoms with Crippen molar-refractivity contribution in [1.29, 1.82) is 0 Å². The Labute approximate surface area is 83.2 Å². The molecule has 1 saturated carbocycles. The molecule has 0 atom stereocenters. The van der Waals surface area contributed by atoms with Gasteiger partial charge in [0.2, 0.25) is 0 Å². The zero-order valence-electron chi connectivity index (χ0n) is 7.20. The predicted molar refractivity (Wildman–Crippen MR) is 57.0 cm³/mol. The van der Waals surface area contributed by atoms with Gasteiger partial charge in [-0.05, 0) is 42.1 Å². The van der Waals surface area contributed by atoms with Crippen molar-refractivity contribution < 1.29 is 0 Å². The number of nitrogens with two attached hydrogens (primary N) is 1. The lowest BCUT2D eigenvalue weighted by Crippen LogP contribution is -2.50. The standard InChI is InChI=1S/C8H16N2S2/c9-7-5-8(6-7)1-3-10(12-11)4-2-8/h7,11H,1-6,9H2. The van der Waals surface area contributed by atoms with Crippen LogP contribution in [0.3, 0.4) is 0 Å². The van der Waals surface area contributed by atoms with E-state index in [0.717, 1.165) is 0 Å². The normalized spacial score (nSPS) is 30.5. The van der Waals surface area contributed by atoms with Crippen LogP contribution in [0.4, 0.5) is 0 Å².